The van der Waals surface area contributed by atoms with Gasteiger partial charge in [0.1, 0.15) is 0 Å². The number of nitro benzene ring substituents is 1. The van der Waals surface area contributed by atoms with Gasteiger partial charge in [-0.1, -0.05) is 44.7 Å². The molecule has 0 radical (unpaired) electrons. The van der Waals surface area contributed by atoms with E-state index in [-0.39, 0.29) is 10.6 Å². The van der Waals surface area contributed by atoms with Gasteiger partial charge in [0, 0.05) is 23.9 Å². The van der Waals surface area contributed by atoms with E-state index >= 15 is 0 Å². The lowest BCUT2D eigenvalue weighted by Gasteiger charge is -2.44. The van der Waals surface area contributed by atoms with Crippen LogP contribution in [-0.2, 0) is 5.75 Å². The van der Waals surface area contributed by atoms with Crippen molar-refractivity contribution < 1.29 is 4.92 Å². The summed E-state index contributed by atoms with van der Waals surface area (Å²) in [6.45, 7) is 8.71. The van der Waals surface area contributed by atoms with Gasteiger partial charge in [0.25, 0.3) is 5.69 Å². The summed E-state index contributed by atoms with van der Waals surface area (Å²) in [6, 6.07) is 7.34. The van der Waals surface area contributed by atoms with Crippen LogP contribution in [0.4, 0.5) is 5.69 Å². The average Bonchev–Trinajstić information content (AvgIpc) is 2.59. The quantitative estimate of drug-likeness (QED) is 0.629. The van der Waals surface area contributed by atoms with Crippen molar-refractivity contribution in [2.45, 2.75) is 51.8 Å². The van der Waals surface area contributed by atoms with Gasteiger partial charge in [-0.2, -0.15) is 0 Å². The van der Waals surface area contributed by atoms with Crippen LogP contribution in [0.15, 0.2) is 29.3 Å². The second-order valence-corrected chi connectivity index (χ2v) is 9.27. The Kier molecular flexibility index (Phi) is 5.87. The molecule has 0 unspecified atom stereocenters. The Hall–Kier alpha value is -1.60. The van der Waals surface area contributed by atoms with Crippen molar-refractivity contribution in [3.05, 3.63) is 39.9 Å². The van der Waals surface area contributed by atoms with Gasteiger partial charge in [0.05, 0.1) is 18.3 Å². The number of benzene rings is 1. The summed E-state index contributed by atoms with van der Waals surface area (Å²) >= 11 is 1.66. The number of rotatable bonds is 4. The topological polar surface area (TPSA) is 70.8 Å². The standard InChI is InChI=1S/C19H28N4O2S/c1-14-8-17(10-19(2,3)9-14)22-12-20-18(21-13-22)26-11-15-4-6-16(7-5-15)23(24)25/h4-7,14,17H,8-13H2,1-3H3,(H,20,21)/t14-,17-/m0/s1. The number of amidine groups is 1. The normalized spacial score (nSPS) is 26.0. The van der Waals surface area contributed by atoms with Crippen molar-refractivity contribution in [1.82, 2.24) is 10.2 Å². The molecule has 1 saturated carbocycles. The average molecular weight is 377 g/mol. The molecule has 26 heavy (non-hydrogen) atoms. The fraction of sp³-hybridized carbons (Fsp3) is 0.632. The first-order chi connectivity index (χ1) is 12.3. The van der Waals surface area contributed by atoms with Gasteiger partial charge < -0.3 is 5.32 Å². The van der Waals surface area contributed by atoms with Gasteiger partial charge in [-0.05, 0) is 36.2 Å². The van der Waals surface area contributed by atoms with E-state index in [1.807, 2.05) is 12.1 Å². The number of hydrogen-bond acceptors (Lipinski definition) is 6. The molecule has 0 aromatic heterocycles. The van der Waals surface area contributed by atoms with E-state index in [0.29, 0.717) is 11.5 Å². The summed E-state index contributed by atoms with van der Waals surface area (Å²) in [6.07, 6.45) is 3.80. The minimum Gasteiger partial charge on any atom is -0.352 e. The molecule has 0 spiro atoms. The highest BCUT2D eigenvalue weighted by Crippen LogP contribution is 2.40. The number of aliphatic imine (C=N–C) groups is 1. The Morgan fingerprint density at radius 3 is 2.65 bits per heavy atom. The molecule has 0 amide bonds. The maximum atomic E-state index is 10.7. The van der Waals surface area contributed by atoms with Crippen molar-refractivity contribution >= 4 is 22.6 Å². The fourth-order valence-corrected chi connectivity index (χ4v) is 5.02. The highest BCUT2D eigenvalue weighted by Gasteiger charge is 2.35. The van der Waals surface area contributed by atoms with Crippen LogP contribution in [0.1, 0.15) is 45.6 Å². The van der Waals surface area contributed by atoms with E-state index in [0.717, 1.165) is 35.7 Å². The zero-order chi connectivity index (χ0) is 18.7. The van der Waals surface area contributed by atoms with Crippen molar-refractivity contribution in [2.24, 2.45) is 16.3 Å². The zero-order valence-electron chi connectivity index (χ0n) is 15.8. The molecule has 1 aliphatic heterocycles. The summed E-state index contributed by atoms with van der Waals surface area (Å²) in [7, 11) is 0. The van der Waals surface area contributed by atoms with E-state index in [2.05, 4.69) is 31.0 Å². The molecule has 142 valence electrons. The van der Waals surface area contributed by atoms with Crippen molar-refractivity contribution in [3.63, 3.8) is 0 Å². The van der Waals surface area contributed by atoms with Gasteiger partial charge in [-0.15, -0.1) is 0 Å². The third-order valence-corrected chi connectivity index (χ3v) is 6.26. The Morgan fingerprint density at radius 1 is 1.35 bits per heavy atom. The summed E-state index contributed by atoms with van der Waals surface area (Å²) in [5.41, 5.74) is 1.61. The van der Waals surface area contributed by atoms with Crippen LogP contribution in [0.2, 0.25) is 0 Å². The van der Waals surface area contributed by atoms with Gasteiger partial charge in [0.2, 0.25) is 0 Å². The highest BCUT2D eigenvalue weighted by molar-refractivity contribution is 8.13. The smallest absolute Gasteiger partial charge is 0.269 e. The number of hydrogen-bond donors (Lipinski definition) is 1. The first-order valence-electron chi connectivity index (χ1n) is 9.21. The summed E-state index contributed by atoms with van der Waals surface area (Å²) in [4.78, 5) is 17.5. The molecule has 2 aliphatic rings. The van der Waals surface area contributed by atoms with Crippen LogP contribution in [0.5, 0.6) is 0 Å². The largest absolute Gasteiger partial charge is 0.352 e. The monoisotopic (exact) mass is 376 g/mol. The van der Waals surface area contributed by atoms with Crippen LogP contribution in [0, 0.1) is 21.4 Å². The molecular weight excluding hydrogens is 348 g/mol. The van der Waals surface area contributed by atoms with Crippen LogP contribution in [0.25, 0.3) is 0 Å². The molecule has 1 aliphatic carbocycles. The Labute approximate surface area is 159 Å². The highest BCUT2D eigenvalue weighted by atomic mass is 32.2. The third-order valence-electron chi connectivity index (χ3n) is 5.23. The maximum absolute atomic E-state index is 10.7. The molecule has 2 atom stereocenters. The van der Waals surface area contributed by atoms with E-state index in [1.165, 1.54) is 19.3 Å². The van der Waals surface area contributed by atoms with E-state index < -0.39 is 0 Å². The lowest BCUT2D eigenvalue weighted by Crippen LogP contribution is -2.50. The number of nitrogens with zero attached hydrogens (tertiary/aromatic N) is 3. The molecule has 1 fully saturated rings. The van der Waals surface area contributed by atoms with Crippen LogP contribution < -0.4 is 5.32 Å². The van der Waals surface area contributed by atoms with E-state index in [1.54, 1.807) is 23.9 Å². The molecule has 1 N–H and O–H groups in total. The fourth-order valence-electron chi connectivity index (χ4n) is 4.21. The van der Waals surface area contributed by atoms with Gasteiger partial charge in [-0.3, -0.25) is 15.0 Å². The molecule has 1 heterocycles. The third kappa shape index (κ3) is 4.98. The Morgan fingerprint density at radius 2 is 2.08 bits per heavy atom. The number of nitro groups is 1. The summed E-state index contributed by atoms with van der Waals surface area (Å²) in [5, 5.41) is 15.1. The molecule has 6 nitrogen and oxygen atoms in total. The van der Waals surface area contributed by atoms with Crippen LogP contribution >= 0.6 is 11.8 Å². The Bertz CT molecular complexity index is 675. The van der Waals surface area contributed by atoms with Gasteiger partial charge in [-0.25, -0.2) is 4.99 Å². The molecule has 0 saturated heterocycles. The first kappa shape index (κ1) is 19.2. The molecule has 0 bridgehead atoms. The Balaban J connectivity index is 1.51. The lowest BCUT2D eigenvalue weighted by atomic mass is 9.70. The van der Waals surface area contributed by atoms with Crippen molar-refractivity contribution in [2.75, 3.05) is 13.3 Å². The predicted molar refractivity (Wildman–Crippen MR) is 107 cm³/mol. The van der Waals surface area contributed by atoms with Crippen LogP contribution in [0.3, 0.4) is 0 Å². The second-order valence-electron chi connectivity index (χ2n) is 8.31. The molecular formula is C19H28N4O2S. The van der Waals surface area contributed by atoms with Gasteiger partial charge in [0.15, 0.2) is 5.17 Å². The number of non-ortho nitro benzene ring substituents is 1. The minimum atomic E-state index is -0.369. The van der Waals surface area contributed by atoms with Crippen molar-refractivity contribution in [3.8, 4) is 0 Å². The predicted octanol–water partition coefficient (Wildman–Crippen LogP) is 4.22. The molecule has 1 aromatic carbocycles. The van der Waals surface area contributed by atoms with Crippen molar-refractivity contribution in [1.29, 1.82) is 0 Å². The second kappa shape index (κ2) is 7.96. The molecule has 1 aromatic rings. The minimum absolute atomic E-state index is 0.132. The van der Waals surface area contributed by atoms with Crippen LogP contribution in [-0.4, -0.2) is 34.4 Å². The molecule has 3 rings (SSSR count). The summed E-state index contributed by atoms with van der Waals surface area (Å²) < 4.78 is 0. The number of nitrogens with one attached hydrogen (secondary N) is 1. The molecule has 7 heteroatoms. The van der Waals surface area contributed by atoms with E-state index in [9.17, 15) is 10.1 Å². The number of thioether (sulfide) groups is 1. The SMILES string of the molecule is C[C@H]1C[C@H](N2CN=C(SCc3ccc([N+](=O)[O-])cc3)NC2)CC(C)(C)C1. The lowest BCUT2D eigenvalue weighted by molar-refractivity contribution is -0.384. The van der Waals surface area contributed by atoms with E-state index in [4.69, 9.17) is 4.99 Å². The summed E-state index contributed by atoms with van der Waals surface area (Å²) in [5.74, 6) is 1.53. The first-order valence-corrected chi connectivity index (χ1v) is 10.2. The van der Waals surface area contributed by atoms with Gasteiger partial charge >= 0.3 is 0 Å². The maximum Gasteiger partial charge on any atom is 0.269 e. The zero-order valence-corrected chi connectivity index (χ0v) is 16.6.